The van der Waals surface area contributed by atoms with E-state index in [0.29, 0.717) is 19.6 Å². The van der Waals surface area contributed by atoms with Gasteiger partial charge in [-0.25, -0.2) is 0 Å². The average molecular weight is 392 g/mol. The molecular weight excluding hydrogens is 362 g/mol. The first-order valence-corrected chi connectivity index (χ1v) is 10.5. The number of benzene rings is 2. The fourth-order valence-corrected chi connectivity index (χ4v) is 4.64. The molecule has 0 radical (unpaired) electrons. The summed E-state index contributed by atoms with van der Waals surface area (Å²) in [6, 6.07) is 15.0. The second-order valence-electron chi connectivity index (χ2n) is 8.09. The SMILES string of the molecule is CCn1c2ccccc2c2cc(CN(C)C(=O)C3CCN(C(C)=O)CC3)ccc21. The zero-order chi connectivity index (χ0) is 20.5. The molecule has 1 aromatic heterocycles. The van der Waals surface area contributed by atoms with Crippen molar-refractivity contribution >= 4 is 33.6 Å². The summed E-state index contributed by atoms with van der Waals surface area (Å²) >= 11 is 0. The van der Waals surface area contributed by atoms with E-state index in [1.165, 1.54) is 21.8 Å². The van der Waals surface area contributed by atoms with Gasteiger partial charge in [0.1, 0.15) is 0 Å². The summed E-state index contributed by atoms with van der Waals surface area (Å²) in [5, 5.41) is 2.51. The number of para-hydroxylation sites is 1. The molecule has 0 saturated carbocycles. The molecule has 1 aliphatic rings. The van der Waals surface area contributed by atoms with E-state index in [1.807, 2.05) is 16.8 Å². The second kappa shape index (κ2) is 7.90. The van der Waals surface area contributed by atoms with Crippen molar-refractivity contribution < 1.29 is 9.59 Å². The molecule has 4 rings (SSSR count). The average Bonchev–Trinajstić information content (AvgIpc) is 3.06. The summed E-state index contributed by atoms with van der Waals surface area (Å²) in [5.74, 6) is 0.300. The van der Waals surface area contributed by atoms with Crippen molar-refractivity contribution in [3.8, 4) is 0 Å². The summed E-state index contributed by atoms with van der Waals surface area (Å²) in [6.45, 7) is 6.67. The Morgan fingerprint density at radius 3 is 2.41 bits per heavy atom. The highest BCUT2D eigenvalue weighted by molar-refractivity contribution is 6.08. The number of hydrogen-bond donors (Lipinski definition) is 0. The van der Waals surface area contributed by atoms with Gasteiger partial charge >= 0.3 is 0 Å². The number of likely N-dealkylation sites (tertiary alicyclic amines) is 1. The van der Waals surface area contributed by atoms with E-state index >= 15 is 0 Å². The van der Waals surface area contributed by atoms with Gasteiger partial charge in [-0.05, 0) is 43.5 Å². The lowest BCUT2D eigenvalue weighted by Gasteiger charge is -2.32. The summed E-state index contributed by atoms with van der Waals surface area (Å²) in [4.78, 5) is 28.1. The molecule has 1 fully saturated rings. The highest BCUT2D eigenvalue weighted by Crippen LogP contribution is 2.30. The summed E-state index contributed by atoms with van der Waals surface area (Å²) in [6.07, 6.45) is 1.51. The Bertz CT molecular complexity index is 1060. The minimum Gasteiger partial charge on any atom is -0.343 e. The minimum absolute atomic E-state index is 0.0151. The van der Waals surface area contributed by atoms with Gasteiger partial charge in [-0.2, -0.15) is 0 Å². The second-order valence-corrected chi connectivity index (χ2v) is 8.09. The molecule has 29 heavy (non-hydrogen) atoms. The Morgan fingerprint density at radius 2 is 1.72 bits per heavy atom. The molecular formula is C24H29N3O2. The van der Waals surface area contributed by atoms with Crippen LogP contribution in [0.1, 0.15) is 32.3 Å². The molecule has 3 aromatic rings. The molecule has 5 heteroatoms. The number of aromatic nitrogens is 1. The molecule has 1 saturated heterocycles. The smallest absolute Gasteiger partial charge is 0.225 e. The van der Waals surface area contributed by atoms with Gasteiger partial charge in [0.05, 0.1) is 0 Å². The van der Waals surface area contributed by atoms with Gasteiger partial charge in [0.25, 0.3) is 0 Å². The van der Waals surface area contributed by atoms with Crippen molar-refractivity contribution in [2.24, 2.45) is 5.92 Å². The van der Waals surface area contributed by atoms with E-state index in [9.17, 15) is 9.59 Å². The third kappa shape index (κ3) is 3.61. The molecule has 152 valence electrons. The monoisotopic (exact) mass is 391 g/mol. The Kier molecular flexibility index (Phi) is 5.31. The van der Waals surface area contributed by atoms with E-state index in [2.05, 4.69) is 54.0 Å². The molecule has 0 spiro atoms. The molecule has 5 nitrogen and oxygen atoms in total. The third-order valence-corrected chi connectivity index (χ3v) is 6.24. The van der Waals surface area contributed by atoms with Crippen LogP contribution in [0.25, 0.3) is 21.8 Å². The number of nitrogens with zero attached hydrogens (tertiary/aromatic N) is 3. The molecule has 1 aliphatic heterocycles. The maximum atomic E-state index is 12.9. The zero-order valence-corrected chi connectivity index (χ0v) is 17.5. The molecule has 2 aromatic carbocycles. The van der Waals surface area contributed by atoms with Gasteiger partial charge in [-0.15, -0.1) is 0 Å². The van der Waals surface area contributed by atoms with Gasteiger partial charge in [0.15, 0.2) is 0 Å². The Labute approximate surface area is 171 Å². The number of amides is 2. The van der Waals surface area contributed by atoms with Crippen LogP contribution in [0.15, 0.2) is 42.5 Å². The van der Waals surface area contributed by atoms with Gasteiger partial charge in [-0.1, -0.05) is 24.3 Å². The quantitative estimate of drug-likeness (QED) is 0.674. The van der Waals surface area contributed by atoms with Crippen molar-refractivity contribution in [3.05, 3.63) is 48.0 Å². The van der Waals surface area contributed by atoms with E-state index in [1.54, 1.807) is 6.92 Å². The fraction of sp³-hybridized carbons (Fsp3) is 0.417. The maximum Gasteiger partial charge on any atom is 0.225 e. The summed E-state index contributed by atoms with van der Waals surface area (Å²) < 4.78 is 2.34. The Morgan fingerprint density at radius 1 is 1.03 bits per heavy atom. The number of hydrogen-bond acceptors (Lipinski definition) is 2. The van der Waals surface area contributed by atoms with Crippen molar-refractivity contribution in [1.82, 2.24) is 14.4 Å². The van der Waals surface area contributed by atoms with Gasteiger partial charge in [0.2, 0.25) is 11.8 Å². The van der Waals surface area contributed by atoms with E-state index in [4.69, 9.17) is 0 Å². The number of carbonyl (C=O) groups is 2. The third-order valence-electron chi connectivity index (χ3n) is 6.24. The lowest BCUT2D eigenvalue weighted by molar-refractivity contribution is -0.139. The predicted molar refractivity (Wildman–Crippen MR) is 117 cm³/mol. The standard InChI is InChI=1S/C24H29N3O2/c1-4-27-22-8-6-5-7-20(22)21-15-18(9-10-23(21)27)16-25(3)24(29)19-11-13-26(14-12-19)17(2)28/h5-10,15,19H,4,11-14,16H2,1-3H3. The lowest BCUT2D eigenvalue weighted by Crippen LogP contribution is -2.42. The molecule has 0 N–H and O–H groups in total. The van der Waals surface area contributed by atoms with Crippen molar-refractivity contribution in [2.45, 2.75) is 39.8 Å². The van der Waals surface area contributed by atoms with Crippen LogP contribution in [0.2, 0.25) is 0 Å². The first kappa shape index (κ1) is 19.5. The lowest BCUT2D eigenvalue weighted by atomic mass is 9.95. The highest BCUT2D eigenvalue weighted by Gasteiger charge is 2.28. The van der Waals surface area contributed by atoms with Crippen LogP contribution in [-0.2, 0) is 22.7 Å². The van der Waals surface area contributed by atoms with Crippen LogP contribution in [0.4, 0.5) is 0 Å². The molecule has 0 atom stereocenters. The number of aryl methyl sites for hydroxylation is 1. The normalized spacial score (nSPS) is 15.2. The van der Waals surface area contributed by atoms with Gasteiger partial charge < -0.3 is 14.4 Å². The van der Waals surface area contributed by atoms with Crippen molar-refractivity contribution in [1.29, 1.82) is 0 Å². The summed E-state index contributed by atoms with van der Waals surface area (Å²) in [7, 11) is 1.89. The fourth-order valence-electron chi connectivity index (χ4n) is 4.64. The summed E-state index contributed by atoms with van der Waals surface area (Å²) in [5.41, 5.74) is 3.64. The molecule has 0 unspecified atom stereocenters. The van der Waals surface area contributed by atoms with Crippen LogP contribution in [0, 0.1) is 5.92 Å². The molecule has 2 amide bonds. The first-order chi connectivity index (χ1) is 14.0. The Hall–Kier alpha value is -2.82. The van der Waals surface area contributed by atoms with Crippen LogP contribution in [-0.4, -0.2) is 46.3 Å². The van der Waals surface area contributed by atoms with Crippen LogP contribution >= 0.6 is 0 Å². The van der Waals surface area contributed by atoms with Gasteiger partial charge in [-0.3, -0.25) is 9.59 Å². The zero-order valence-electron chi connectivity index (χ0n) is 17.5. The van der Waals surface area contributed by atoms with E-state index in [-0.39, 0.29) is 17.7 Å². The van der Waals surface area contributed by atoms with Crippen LogP contribution in [0.3, 0.4) is 0 Å². The number of rotatable bonds is 4. The first-order valence-electron chi connectivity index (χ1n) is 10.5. The topological polar surface area (TPSA) is 45.6 Å². The largest absolute Gasteiger partial charge is 0.343 e. The van der Waals surface area contributed by atoms with E-state index < -0.39 is 0 Å². The van der Waals surface area contributed by atoms with Gasteiger partial charge in [0, 0.05) is 67.9 Å². The number of fused-ring (bicyclic) bond motifs is 3. The molecule has 0 aliphatic carbocycles. The molecule has 0 bridgehead atoms. The maximum absolute atomic E-state index is 12.9. The Balaban J connectivity index is 1.52. The van der Waals surface area contributed by atoms with Crippen molar-refractivity contribution in [3.63, 3.8) is 0 Å². The number of piperidine rings is 1. The van der Waals surface area contributed by atoms with Crippen LogP contribution in [0.5, 0.6) is 0 Å². The minimum atomic E-state index is 0.0151. The highest BCUT2D eigenvalue weighted by atomic mass is 16.2. The van der Waals surface area contributed by atoms with Crippen molar-refractivity contribution in [2.75, 3.05) is 20.1 Å². The molecule has 2 heterocycles. The number of carbonyl (C=O) groups excluding carboxylic acids is 2. The van der Waals surface area contributed by atoms with E-state index in [0.717, 1.165) is 24.9 Å². The van der Waals surface area contributed by atoms with Crippen LogP contribution < -0.4 is 0 Å². The predicted octanol–water partition coefficient (Wildman–Crippen LogP) is 4.03.